The molecule has 14 heavy (non-hydrogen) atoms. The molecule has 76 valence electrons. The van der Waals surface area contributed by atoms with Gasteiger partial charge >= 0.3 is 0 Å². The normalized spacial score (nSPS) is 50.2. The molecule has 3 heteroatoms. The van der Waals surface area contributed by atoms with Crippen LogP contribution in [0.25, 0.3) is 0 Å². The summed E-state index contributed by atoms with van der Waals surface area (Å²) < 4.78 is 0. The summed E-state index contributed by atoms with van der Waals surface area (Å²) in [4.78, 5) is 23.7. The molecular weight excluding hydrogens is 180 g/mol. The molecule has 4 atom stereocenters. The maximum Gasteiger partial charge on any atom is 0.139 e. The molecule has 4 unspecified atom stereocenters. The third-order valence-corrected chi connectivity index (χ3v) is 4.43. The van der Waals surface area contributed by atoms with Crippen molar-refractivity contribution in [3.63, 3.8) is 0 Å². The predicted octanol–water partition coefficient (Wildman–Crippen LogP) is 0.409. The SMILES string of the molecule is O=C1C2CC3CC1C(CO)C(C2)C3=O. The van der Waals surface area contributed by atoms with Gasteiger partial charge in [0, 0.05) is 36.2 Å². The smallest absolute Gasteiger partial charge is 0.139 e. The van der Waals surface area contributed by atoms with Crippen LogP contribution in [0.3, 0.4) is 0 Å². The fourth-order valence-electron chi connectivity index (χ4n) is 3.76. The highest BCUT2D eigenvalue weighted by Gasteiger charge is 2.56. The van der Waals surface area contributed by atoms with Crippen LogP contribution in [0.15, 0.2) is 0 Å². The van der Waals surface area contributed by atoms with Gasteiger partial charge in [0.05, 0.1) is 0 Å². The summed E-state index contributed by atoms with van der Waals surface area (Å²) in [5, 5.41) is 9.23. The molecule has 0 aromatic carbocycles. The quantitative estimate of drug-likeness (QED) is 0.657. The molecule has 0 saturated heterocycles. The molecular formula is C11H14O3. The summed E-state index contributed by atoms with van der Waals surface area (Å²) in [5.41, 5.74) is 0. The van der Waals surface area contributed by atoms with E-state index in [9.17, 15) is 14.7 Å². The van der Waals surface area contributed by atoms with Crippen LogP contribution in [0.2, 0.25) is 0 Å². The summed E-state index contributed by atoms with van der Waals surface area (Å²) in [6.45, 7) is 0.00620. The molecule has 3 nitrogen and oxygen atoms in total. The molecule has 4 bridgehead atoms. The van der Waals surface area contributed by atoms with Crippen LogP contribution in [0.5, 0.6) is 0 Å². The average Bonchev–Trinajstić information content (AvgIpc) is 2.16. The Morgan fingerprint density at radius 3 is 1.93 bits per heavy atom. The van der Waals surface area contributed by atoms with Gasteiger partial charge in [0.15, 0.2) is 0 Å². The van der Waals surface area contributed by atoms with Crippen molar-refractivity contribution >= 4 is 11.6 Å². The lowest BCUT2D eigenvalue weighted by atomic mass is 9.51. The minimum Gasteiger partial charge on any atom is -0.396 e. The molecule has 4 aliphatic rings. The van der Waals surface area contributed by atoms with Crippen molar-refractivity contribution in [1.82, 2.24) is 0 Å². The second-order valence-corrected chi connectivity index (χ2v) is 4.97. The summed E-state index contributed by atoms with van der Waals surface area (Å²) >= 11 is 0. The molecule has 0 spiro atoms. The Kier molecular flexibility index (Phi) is 1.63. The Labute approximate surface area is 82.5 Å². The topological polar surface area (TPSA) is 54.4 Å². The second-order valence-electron chi connectivity index (χ2n) is 4.97. The number of hydrogen-bond donors (Lipinski definition) is 1. The first kappa shape index (κ1) is 8.60. The first-order chi connectivity index (χ1) is 6.72. The van der Waals surface area contributed by atoms with E-state index in [1.54, 1.807) is 0 Å². The Balaban J connectivity index is 2.00. The van der Waals surface area contributed by atoms with E-state index in [2.05, 4.69) is 0 Å². The summed E-state index contributed by atoms with van der Waals surface area (Å²) in [6, 6.07) is 0. The van der Waals surface area contributed by atoms with Crippen molar-refractivity contribution in [2.45, 2.75) is 19.3 Å². The predicted molar refractivity (Wildman–Crippen MR) is 48.4 cm³/mol. The van der Waals surface area contributed by atoms with Gasteiger partial charge in [-0.1, -0.05) is 0 Å². The molecule has 0 aliphatic heterocycles. The lowest BCUT2D eigenvalue weighted by Gasteiger charge is -2.51. The number of hydrogen-bond acceptors (Lipinski definition) is 3. The van der Waals surface area contributed by atoms with Crippen LogP contribution >= 0.6 is 0 Å². The van der Waals surface area contributed by atoms with Crippen molar-refractivity contribution in [1.29, 1.82) is 0 Å². The number of rotatable bonds is 1. The van der Waals surface area contributed by atoms with Gasteiger partial charge in [-0.05, 0) is 19.3 Å². The number of carbonyl (C=O) groups excluding carboxylic acids is 2. The Hall–Kier alpha value is -0.700. The van der Waals surface area contributed by atoms with Crippen LogP contribution in [-0.2, 0) is 9.59 Å². The number of aliphatic hydroxyl groups excluding tert-OH is 1. The fourth-order valence-corrected chi connectivity index (χ4v) is 3.76. The monoisotopic (exact) mass is 194 g/mol. The van der Waals surface area contributed by atoms with Gasteiger partial charge in [0.2, 0.25) is 0 Å². The number of ketones is 2. The maximum atomic E-state index is 11.8. The van der Waals surface area contributed by atoms with E-state index in [0.29, 0.717) is 11.6 Å². The first-order valence-electron chi connectivity index (χ1n) is 5.40. The summed E-state index contributed by atoms with van der Waals surface area (Å²) in [5.74, 6) is 0.879. The van der Waals surface area contributed by atoms with E-state index in [-0.39, 0.29) is 36.2 Å². The molecule has 4 rings (SSSR count). The van der Waals surface area contributed by atoms with Gasteiger partial charge in [-0.15, -0.1) is 0 Å². The van der Waals surface area contributed by atoms with E-state index in [4.69, 9.17) is 0 Å². The standard InChI is InChI=1S/C11H14O3/c12-4-9-7-2-5-1-6(11(7)14)3-8(9)10(5)13/h5-9,12H,1-4H2. The van der Waals surface area contributed by atoms with Crippen molar-refractivity contribution in [2.24, 2.45) is 29.6 Å². The highest BCUT2D eigenvalue weighted by Crippen LogP contribution is 2.52. The van der Waals surface area contributed by atoms with Crippen LogP contribution in [-0.4, -0.2) is 23.3 Å². The Bertz CT molecular complexity index is 282. The van der Waals surface area contributed by atoms with Crippen LogP contribution < -0.4 is 0 Å². The van der Waals surface area contributed by atoms with Gasteiger partial charge in [0.25, 0.3) is 0 Å². The fraction of sp³-hybridized carbons (Fsp3) is 0.818. The lowest BCUT2D eigenvalue weighted by molar-refractivity contribution is -0.159. The zero-order chi connectivity index (χ0) is 9.87. The largest absolute Gasteiger partial charge is 0.396 e. The van der Waals surface area contributed by atoms with Gasteiger partial charge in [-0.2, -0.15) is 0 Å². The Morgan fingerprint density at radius 2 is 1.50 bits per heavy atom. The van der Waals surface area contributed by atoms with Crippen molar-refractivity contribution < 1.29 is 14.7 Å². The van der Waals surface area contributed by atoms with Crippen LogP contribution in [0.1, 0.15) is 19.3 Å². The minimum absolute atomic E-state index is 0.000185. The number of carbonyl (C=O) groups is 2. The minimum atomic E-state index is -0.0530. The zero-order valence-electron chi connectivity index (χ0n) is 7.98. The van der Waals surface area contributed by atoms with Crippen molar-refractivity contribution in [3.8, 4) is 0 Å². The highest BCUT2D eigenvalue weighted by molar-refractivity contribution is 5.95. The van der Waals surface area contributed by atoms with Crippen molar-refractivity contribution in [2.75, 3.05) is 6.61 Å². The molecule has 0 radical (unpaired) electrons. The summed E-state index contributed by atoms with van der Waals surface area (Å²) in [6.07, 6.45) is 2.23. The number of aliphatic hydroxyl groups is 1. The van der Waals surface area contributed by atoms with E-state index >= 15 is 0 Å². The van der Waals surface area contributed by atoms with Gasteiger partial charge < -0.3 is 5.11 Å². The van der Waals surface area contributed by atoms with Gasteiger partial charge in [-0.3, -0.25) is 9.59 Å². The van der Waals surface area contributed by atoms with Gasteiger partial charge in [-0.25, -0.2) is 0 Å². The molecule has 4 fully saturated rings. The van der Waals surface area contributed by atoms with E-state index < -0.39 is 0 Å². The van der Waals surface area contributed by atoms with E-state index in [0.717, 1.165) is 19.3 Å². The van der Waals surface area contributed by atoms with Crippen molar-refractivity contribution in [3.05, 3.63) is 0 Å². The van der Waals surface area contributed by atoms with Crippen LogP contribution in [0, 0.1) is 29.6 Å². The molecule has 1 N–H and O–H groups in total. The number of Topliss-reactive ketones (excluding diaryl/α,β-unsaturated/α-hetero) is 2. The van der Waals surface area contributed by atoms with E-state index in [1.807, 2.05) is 0 Å². The Morgan fingerprint density at radius 1 is 1.00 bits per heavy atom. The zero-order valence-corrected chi connectivity index (χ0v) is 7.98. The molecule has 0 aromatic heterocycles. The molecule has 0 amide bonds. The summed E-state index contributed by atoms with van der Waals surface area (Å²) in [7, 11) is 0. The van der Waals surface area contributed by atoms with Crippen LogP contribution in [0.4, 0.5) is 0 Å². The molecule has 4 aliphatic carbocycles. The van der Waals surface area contributed by atoms with Gasteiger partial charge in [0.1, 0.15) is 11.6 Å². The average molecular weight is 194 g/mol. The van der Waals surface area contributed by atoms with E-state index in [1.165, 1.54) is 0 Å². The highest BCUT2D eigenvalue weighted by atomic mass is 16.3. The lowest BCUT2D eigenvalue weighted by Crippen LogP contribution is -2.56. The molecule has 4 saturated carbocycles. The third-order valence-electron chi connectivity index (χ3n) is 4.43. The third kappa shape index (κ3) is 0.862. The molecule has 0 heterocycles. The second kappa shape index (κ2) is 2.66. The maximum absolute atomic E-state index is 11.8. The molecule has 0 aromatic rings. The first-order valence-corrected chi connectivity index (χ1v) is 5.40.